The van der Waals surface area contributed by atoms with Crippen molar-refractivity contribution >= 4 is 28.2 Å². The summed E-state index contributed by atoms with van der Waals surface area (Å²) in [6, 6.07) is 0. The van der Waals surface area contributed by atoms with Crippen molar-refractivity contribution in [2.24, 2.45) is 0 Å². The largest absolute Gasteiger partial charge is 0.374 e. The van der Waals surface area contributed by atoms with Crippen LogP contribution in [0.1, 0.15) is 11.4 Å². The molecule has 104 valence electrons. The van der Waals surface area contributed by atoms with Crippen LogP contribution in [0.4, 0.5) is 5.13 Å². The molecule has 0 saturated carbocycles. The molecule has 1 aliphatic heterocycles. The lowest BCUT2D eigenvalue weighted by Crippen LogP contribution is -2.26. The third kappa shape index (κ3) is 3.96. The van der Waals surface area contributed by atoms with Gasteiger partial charge in [0.15, 0.2) is 5.82 Å². The fourth-order valence-electron chi connectivity index (χ4n) is 1.61. The van der Waals surface area contributed by atoms with Crippen molar-refractivity contribution in [2.75, 3.05) is 24.6 Å². The molecule has 4 N–H and O–H groups in total. The summed E-state index contributed by atoms with van der Waals surface area (Å²) in [6.07, 6.45) is 0.465. The molecule has 2 heterocycles. The molecule has 2 rings (SSSR count). The standard InChI is InChI=1S/C9H14N6O2S2/c10-9-14-13-7(19-9)5-18-4-3-12-8-6(15(16)17)1-2-11-8/h11-12H,1-5H2,(H2,10,14). The lowest BCUT2D eigenvalue weighted by atomic mass is 10.4. The SMILES string of the molecule is Nc1nnc(CSCCNC2=C([N+](=O)[O-])CCN2)s1. The van der Waals surface area contributed by atoms with Crippen LogP contribution in [0.25, 0.3) is 0 Å². The zero-order chi connectivity index (χ0) is 13.7. The monoisotopic (exact) mass is 302 g/mol. The molecule has 0 aromatic carbocycles. The number of nitro groups is 1. The average molecular weight is 302 g/mol. The highest BCUT2D eigenvalue weighted by molar-refractivity contribution is 7.98. The first-order chi connectivity index (χ1) is 9.16. The second-order valence-electron chi connectivity index (χ2n) is 3.77. The van der Waals surface area contributed by atoms with Crippen molar-refractivity contribution in [1.82, 2.24) is 20.8 Å². The van der Waals surface area contributed by atoms with E-state index in [0.29, 0.717) is 30.5 Å². The Labute approximate surface area is 118 Å². The van der Waals surface area contributed by atoms with Crippen LogP contribution in [-0.4, -0.2) is 34.0 Å². The summed E-state index contributed by atoms with van der Waals surface area (Å²) in [5.74, 6) is 2.13. The van der Waals surface area contributed by atoms with Crippen LogP contribution in [0.2, 0.25) is 0 Å². The van der Waals surface area contributed by atoms with Crippen molar-refractivity contribution < 1.29 is 4.92 Å². The first-order valence-corrected chi connectivity index (χ1v) is 7.65. The highest BCUT2D eigenvalue weighted by Gasteiger charge is 2.23. The van der Waals surface area contributed by atoms with E-state index < -0.39 is 0 Å². The lowest BCUT2D eigenvalue weighted by molar-refractivity contribution is -0.427. The smallest absolute Gasteiger partial charge is 0.287 e. The minimum Gasteiger partial charge on any atom is -0.374 e. The van der Waals surface area contributed by atoms with Crippen molar-refractivity contribution in [3.05, 3.63) is 26.6 Å². The Balaban J connectivity index is 1.67. The fraction of sp³-hybridized carbons (Fsp3) is 0.556. The Morgan fingerprint density at radius 1 is 1.58 bits per heavy atom. The molecule has 10 heteroatoms. The predicted octanol–water partition coefficient (Wildman–Crippen LogP) is 0.382. The normalized spacial score (nSPS) is 14.5. The van der Waals surface area contributed by atoms with Crippen LogP contribution in [0.15, 0.2) is 11.5 Å². The number of anilines is 1. The molecule has 8 nitrogen and oxygen atoms in total. The highest BCUT2D eigenvalue weighted by Crippen LogP contribution is 2.17. The van der Waals surface area contributed by atoms with Crippen molar-refractivity contribution in [1.29, 1.82) is 0 Å². The molecule has 0 spiro atoms. The summed E-state index contributed by atoms with van der Waals surface area (Å²) in [6.45, 7) is 1.29. The van der Waals surface area contributed by atoms with Crippen LogP contribution in [0.5, 0.6) is 0 Å². The summed E-state index contributed by atoms with van der Waals surface area (Å²) < 4.78 is 0. The number of rotatable bonds is 7. The van der Waals surface area contributed by atoms with E-state index in [1.807, 2.05) is 0 Å². The maximum absolute atomic E-state index is 10.7. The van der Waals surface area contributed by atoms with E-state index in [9.17, 15) is 10.1 Å². The molecule has 1 aromatic rings. The zero-order valence-corrected chi connectivity index (χ0v) is 11.7. The van der Waals surface area contributed by atoms with Crippen LogP contribution < -0.4 is 16.4 Å². The minimum absolute atomic E-state index is 0.238. The molecule has 19 heavy (non-hydrogen) atoms. The van der Waals surface area contributed by atoms with Gasteiger partial charge in [-0.05, 0) is 0 Å². The number of thioether (sulfide) groups is 1. The van der Waals surface area contributed by atoms with Gasteiger partial charge in [-0.15, -0.1) is 10.2 Å². The lowest BCUT2D eigenvalue weighted by Gasteiger charge is -2.06. The second kappa shape index (κ2) is 6.57. The van der Waals surface area contributed by atoms with E-state index in [4.69, 9.17) is 5.73 Å². The molecule has 0 unspecified atom stereocenters. The summed E-state index contributed by atoms with van der Waals surface area (Å²) in [7, 11) is 0. The molecule has 0 saturated heterocycles. The van der Waals surface area contributed by atoms with E-state index >= 15 is 0 Å². The van der Waals surface area contributed by atoms with Crippen molar-refractivity contribution in [2.45, 2.75) is 12.2 Å². The Hall–Kier alpha value is -1.55. The quantitative estimate of drug-likeness (QED) is 0.376. The first kappa shape index (κ1) is 13.9. The molecular weight excluding hydrogens is 288 g/mol. The van der Waals surface area contributed by atoms with E-state index in [1.165, 1.54) is 11.3 Å². The van der Waals surface area contributed by atoms with E-state index in [-0.39, 0.29) is 10.6 Å². The van der Waals surface area contributed by atoms with Crippen LogP contribution in [-0.2, 0) is 5.75 Å². The Bertz CT molecular complexity index is 489. The van der Waals surface area contributed by atoms with Gasteiger partial charge in [-0.2, -0.15) is 11.8 Å². The number of nitrogens with zero attached hydrogens (tertiary/aromatic N) is 3. The Kier molecular flexibility index (Phi) is 4.80. The predicted molar refractivity (Wildman–Crippen MR) is 75.1 cm³/mol. The maximum atomic E-state index is 10.7. The third-order valence-corrected chi connectivity index (χ3v) is 4.33. The van der Waals surface area contributed by atoms with Gasteiger partial charge in [-0.1, -0.05) is 11.3 Å². The summed E-state index contributed by atoms with van der Waals surface area (Å²) in [5, 5.41) is 25.8. The molecule has 1 aromatic heterocycles. The fourth-order valence-corrected chi connectivity index (χ4v) is 3.13. The second-order valence-corrected chi connectivity index (χ2v) is 5.97. The van der Waals surface area contributed by atoms with Gasteiger partial charge < -0.3 is 16.4 Å². The summed E-state index contributed by atoms with van der Waals surface area (Å²) in [4.78, 5) is 10.4. The molecule has 0 bridgehead atoms. The van der Waals surface area contributed by atoms with E-state index in [2.05, 4.69) is 20.8 Å². The number of hydrogen-bond donors (Lipinski definition) is 3. The van der Waals surface area contributed by atoms with Gasteiger partial charge in [-0.25, -0.2) is 0 Å². The zero-order valence-electron chi connectivity index (χ0n) is 10.1. The molecule has 1 aliphatic rings. The van der Waals surface area contributed by atoms with E-state index in [0.717, 1.165) is 16.5 Å². The van der Waals surface area contributed by atoms with Crippen molar-refractivity contribution in [3.8, 4) is 0 Å². The summed E-state index contributed by atoms with van der Waals surface area (Å²) >= 11 is 3.06. The summed E-state index contributed by atoms with van der Waals surface area (Å²) in [5.41, 5.74) is 5.72. The first-order valence-electron chi connectivity index (χ1n) is 5.67. The van der Waals surface area contributed by atoms with Gasteiger partial charge in [0, 0.05) is 24.6 Å². The molecule has 0 atom stereocenters. The van der Waals surface area contributed by atoms with Gasteiger partial charge in [0.1, 0.15) is 5.01 Å². The van der Waals surface area contributed by atoms with Crippen molar-refractivity contribution in [3.63, 3.8) is 0 Å². The van der Waals surface area contributed by atoms with Gasteiger partial charge >= 0.3 is 0 Å². The molecule has 0 radical (unpaired) electrons. The van der Waals surface area contributed by atoms with Crippen LogP contribution >= 0.6 is 23.1 Å². The topological polar surface area (TPSA) is 119 Å². The molecule has 0 aliphatic carbocycles. The maximum Gasteiger partial charge on any atom is 0.287 e. The number of nitrogens with one attached hydrogen (secondary N) is 2. The van der Waals surface area contributed by atoms with Gasteiger partial charge in [-0.3, -0.25) is 10.1 Å². The number of nitrogen functional groups attached to an aromatic ring is 1. The Morgan fingerprint density at radius 2 is 2.42 bits per heavy atom. The third-order valence-electron chi connectivity index (χ3n) is 2.43. The minimum atomic E-state index is -0.334. The van der Waals surface area contributed by atoms with Crippen LogP contribution in [0, 0.1) is 10.1 Å². The molecular formula is C9H14N6O2S2. The molecule has 0 amide bonds. The van der Waals surface area contributed by atoms with E-state index in [1.54, 1.807) is 11.8 Å². The number of aromatic nitrogens is 2. The van der Waals surface area contributed by atoms with Gasteiger partial charge in [0.25, 0.3) is 5.70 Å². The number of nitrogens with two attached hydrogens (primary N) is 1. The molecule has 0 fully saturated rings. The average Bonchev–Trinajstić information content (AvgIpc) is 2.98. The Morgan fingerprint density at radius 3 is 3.11 bits per heavy atom. The number of hydrogen-bond acceptors (Lipinski definition) is 9. The van der Waals surface area contributed by atoms with Gasteiger partial charge in [0.05, 0.1) is 11.3 Å². The highest BCUT2D eigenvalue weighted by atomic mass is 32.2. The van der Waals surface area contributed by atoms with Crippen LogP contribution in [0.3, 0.4) is 0 Å². The van der Waals surface area contributed by atoms with Gasteiger partial charge in [0.2, 0.25) is 5.13 Å².